The van der Waals surface area contributed by atoms with Gasteiger partial charge in [0.2, 0.25) is 5.91 Å². The highest BCUT2D eigenvalue weighted by Gasteiger charge is 2.24. The molecule has 0 heterocycles. The first kappa shape index (κ1) is 12.5. The fraction of sp³-hybridized carbons (Fsp3) is 0.917. The molecule has 0 aromatic carbocycles. The molecule has 1 amide bonds. The van der Waals surface area contributed by atoms with Crippen LogP contribution in [0.4, 0.5) is 0 Å². The summed E-state index contributed by atoms with van der Waals surface area (Å²) < 4.78 is 0. The second-order valence-corrected chi connectivity index (χ2v) is 4.80. The summed E-state index contributed by atoms with van der Waals surface area (Å²) in [4.78, 5) is 11.7. The first-order valence-electron chi connectivity index (χ1n) is 6.10. The Morgan fingerprint density at radius 3 is 2.47 bits per heavy atom. The molecule has 0 aromatic heterocycles. The summed E-state index contributed by atoms with van der Waals surface area (Å²) in [5, 5.41) is 6.16. The molecule has 2 atom stereocenters. The lowest BCUT2D eigenvalue weighted by atomic mass is 9.99. The van der Waals surface area contributed by atoms with Crippen LogP contribution < -0.4 is 10.6 Å². The number of carbonyl (C=O) groups excluding carboxylic acids is 1. The third-order valence-corrected chi connectivity index (χ3v) is 3.43. The van der Waals surface area contributed by atoms with Gasteiger partial charge in [0.1, 0.15) is 0 Å². The Labute approximate surface area is 93.0 Å². The lowest BCUT2D eigenvalue weighted by Crippen LogP contribution is -2.42. The Bertz CT molecular complexity index is 200. The van der Waals surface area contributed by atoms with E-state index < -0.39 is 0 Å². The van der Waals surface area contributed by atoms with Crippen molar-refractivity contribution in [3.05, 3.63) is 0 Å². The van der Waals surface area contributed by atoms with E-state index in [2.05, 4.69) is 17.6 Å². The molecule has 0 aliphatic heterocycles. The molecular formula is C12H24N2O. The van der Waals surface area contributed by atoms with Crippen molar-refractivity contribution in [1.29, 1.82) is 0 Å². The summed E-state index contributed by atoms with van der Waals surface area (Å²) in [6.07, 6.45) is 5.22. The van der Waals surface area contributed by atoms with Gasteiger partial charge < -0.3 is 10.6 Å². The molecule has 3 heteroatoms. The molecule has 15 heavy (non-hydrogen) atoms. The summed E-state index contributed by atoms with van der Waals surface area (Å²) >= 11 is 0. The van der Waals surface area contributed by atoms with E-state index in [1.165, 1.54) is 25.7 Å². The van der Waals surface area contributed by atoms with Crippen LogP contribution >= 0.6 is 0 Å². The highest BCUT2D eigenvalue weighted by Crippen LogP contribution is 2.27. The Balaban J connectivity index is 2.29. The van der Waals surface area contributed by atoms with Crippen molar-refractivity contribution in [1.82, 2.24) is 10.6 Å². The second kappa shape index (κ2) is 6.11. The van der Waals surface area contributed by atoms with E-state index in [-0.39, 0.29) is 11.8 Å². The van der Waals surface area contributed by atoms with Gasteiger partial charge in [0.05, 0.1) is 0 Å². The monoisotopic (exact) mass is 212 g/mol. The molecule has 0 aromatic rings. The summed E-state index contributed by atoms with van der Waals surface area (Å²) in [7, 11) is 1.88. The lowest BCUT2D eigenvalue weighted by molar-refractivity contribution is -0.125. The van der Waals surface area contributed by atoms with E-state index in [4.69, 9.17) is 0 Å². The number of carbonyl (C=O) groups is 1. The first-order chi connectivity index (χ1) is 7.15. The number of hydrogen-bond acceptors (Lipinski definition) is 2. The third-order valence-electron chi connectivity index (χ3n) is 3.43. The molecule has 0 spiro atoms. The van der Waals surface area contributed by atoms with Crippen molar-refractivity contribution < 1.29 is 4.79 Å². The van der Waals surface area contributed by atoms with Gasteiger partial charge in [-0.05, 0) is 32.7 Å². The minimum atomic E-state index is 0.0684. The average Bonchev–Trinajstić information content (AvgIpc) is 2.70. The highest BCUT2D eigenvalue weighted by atomic mass is 16.1. The van der Waals surface area contributed by atoms with Crippen LogP contribution in [0.25, 0.3) is 0 Å². The molecule has 3 nitrogen and oxygen atoms in total. The molecule has 0 radical (unpaired) electrons. The van der Waals surface area contributed by atoms with Crippen LogP contribution in [-0.4, -0.2) is 25.5 Å². The summed E-state index contributed by atoms with van der Waals surface area (Å²) in [6, 6.07) is 0.347. The third kappa shape index (κ3) is 3.82. The number of amides is 1. The van der Waals surface area contributed by atoms with Crippen LogP contribution in [-0.2, 0) is 4.79 Å². The maximum Gasteiger partial charge on any atom is 0.224 e. The normalized spacial score (nSPS) is 21.3. The molecule has 2 N–H and O–H groups in total. The van der Waals surface area contributed by atoms with Gasteiger partial charge in [-0.25, -0.2) is 0 Å². The predicted molar refractivity (Wildman–Crippen MR) is 62.7 cm³/mol. The van der Waals surface area contributed by atoms with Crippen molar-refractivity contribution in [2.24, 2.45) is 11.8 Å². The van der Waals surface area contributed by atoms with Gasteiger partial charge in [-0.15, -0.1) is 0 Å². The molecule has 1 saturated carbocycles. The van der Waals surface area contributed by atoms with E-state index in [0.717, 1.165) is 6.54 Å². The minimum Gasteiger partial charge on any atom is -0.353 e. The molecule has 1 rings (SSSR count). The van der Waals surface area contributed by atoms with Crippen molar-refractivity contribution in [2.45, 2.75) is 45.6 Å². The topological polar surface area (TPSA) is 41.1 Å². The summed E-state index contributed by atoms with van der Waals surface area (Å²) in [5.74, 6) is 0.957. The highest BCUT2D eigenvalue weighted by molar-refractivity contribution is 5.78. The molecule has 0 bridgehead atoms. The van der Waals surface area contributed by atoms with Crippen LogP contribution in [0.3, 0.4) is 0 Å². The van der Waals surface area contributed by atoms with Crippen molar-refractivity contribution in [3.63, 3.8) is 0 Å². The number of hydrogen-bond donors (Lipinski definition) is 2. The molecule has 0 saturated heterocycles. The SMILES string of the molecule is CNCC(C)C(=O)NC(C)C1CCCC1. The zero-order chi connectivity index (χ0) is 11.3. The molecular weight excluding hydrogens is 188 g/mol. The van der Waals surface area contributed by atoms with Crippen molar-refractivity contribution >= 4 is 5.91 Å². The number of rotatable bonds is 5. The quantitative estimate of drug-likeness (QED) is 0.726. The van der Waals surface area contributed by atoms with Gasteiger partial charge in [0.25, 0.3) is 0 Å². The zero-order valence-electron chi connectivity index (χ0n) is 10.2. The van der Waals surface area contributed by atoms with Crippen LogP contribution in [0, 0.1) is 11.8 Å². The number of nitrogens with one attached hydrogen (secondary N) is 2. The molecule has 1 fully saturated rings. The largest absolute Gasteiger partial charge is 0.353 e. The van der Waals surface area contributed by atoms with Crippen LogP contribution in [0.1, 0.15) is 39.5 Å². The maximum atomic E-state index is 11.7. The second-order valence-electron chi connectivity index (χ2n) is 4.80. The average molecular weight is 212 g/mol. The van der Waals surface area contributed by atoms with Gasteiger partial charge in [-0.2, -0.15) is 0 Å². The first-order valence-corrected chi connectivity index (χ1v) is 6.10. The van der Waals surface area contributed by atoms with Gasteiger partial charge in [0.15, 0.2) is 0 Å². The fourth-order valence-electron chi connectivity index (χ4n) is 2.34. The van der Waals surface area contributed by atoms with E-state index >= 15 is 0 Å². The Morgan fingerprint density at radius 1 is 1.33 bits per heavy atom. The van der Waals surface area contributed by atoms with Gasteiger partial charge in [-0.3, -0.25) is 4.79 Å². The summed E-state index contributed by atoms with van der Waals surface area (Å²) in [5.41, 5.74) is 0. The van der Waals surface area contributed by atoms with Crippen molar-refractivity contribution in [2.75, 3.05) is 13.6 Å². The standard InChI is InChI=1S/C12H24N2O/c1-9(8-13-3)12(15)14-10(2)11-6-4-5-7-11/h9-11,13H,4-8H2,1-3H3,(H,14,15). The fourth-order valence-corrected chi connectivity index (χ4v) is 2.34. The van der Waals surface area contributed by atoms with E-state index in [1.54, 1.807) is 0 Å². The van der Waals surface area contributed by atoms with E-state index in [1.807, 2.05) is 14.0 Å². The summed E-state index contributed by atoms with van der Waals surface area (Å²) in [6.45, 7) is 4.86. The minimum absolute atomic E-state index is 0.0684. The van der Waals surface area contributed by atoms with Crippen LogP contribution in [0.15, 0.2) is 0 Å². The van der Waals surface area contributed by atoms with Crippen LogP contribution in [0.5, 0.6) is 0 Å². The molecule has 88 valence electrons. The van der Waals surface area contributed by atoms with Gasteiger partial charge in [0, 0.05) is 18.5 Å². The smallest absolute Gasteiger partial charge is 0.224 e. The zero-order valence-corrected chi connectivity index (χ0v) is 10.2. The lowest BCUT2D eigenvalue weighted by Gasteiger charge is -2.22. The maximum absolute atomic E-state index is 11.7. The van der Waals surface area contributed by atoms with Gasteiger partial charge >= 0.3 is 0 Å². The molecule has 1 aliphatic carbocycles. The van der Waals surface area contributed by atoms with E-state index in [0.29, 0.717) is 12.0 Å². The van der Waals surface area contributed by atoms with E-state index in [9.17, 15) is 4.79 Å². The van der Waals surface area contributed by atoms with Crippen LogP contribution in [0.2, 0.25) is 0 Å². The Kier molecular flexibility index (Phi) is 5.09. The molecule has 1 aliphatic rings. The van der Waals surface area contributed by atoms with Gasteiger partial charge in [-0.1, -0.05) is 19.8 Å². The van der Waals surface area contributed by atoms with Crippen molar-refractivity contribution in [3.8, 4) is 0 Å². The predicted octanol–water partition coefficient (Wildman–Crippen LogP) is 1.54. The Hall–Kier alpha value is -0.570. The Morgan fingerprint density at radius 2 is 1.93 bits per heavy atom. The molecule has 2 unspecified atom stereocenters.